The van der Waals surface area contributed by atoms with Crippen LogP contribution in [0.2, 0.25) is 0 Å². The van der Waals surface area contributed by atoms with Gasteiger partial charge < -0.3 is 24.8 Å². The maximum atomic E-state index is 5.25. The lowest BCUT2D eigenvalue weighted by Crippen LogP contribution is -2.34. The van der Waals surface area contributed by atoms with Crippen LogP contribution < -0.4 is 5.32 Å². The molecule has 0 bridgehead atoms. The number of nitrogens with zero attached hydrogens (tertiary/aromatic N) is 3. The van der Waals surface area contributed by atoms with Crippen LogP contribution in [0, 0.1) is 107 Å². The van der Waals surface area contributed by atoms with Gasteiger partial charge in [-0.15, -0.1) is 0 Å². The molecule has 0 aromatic carbocycles. The van der Waals surface area contributed by atoms with Gasteiger partial charge in [-0.05, 0) is 225 Å². The third kappa shape index (κ3) is 40.4. The molecule has 5 heterocycles. The first-order chi connectivity index (χ1) is 38.4. The van der Waals surface area contributed by atoms with Crippen LogP contribution in [-0.4, -0.2) is 101 Å². The molecule has 0 radical (unpaired) electrons. The molecule has 0 spiro atoms. The molecule has 9 rings (SSSR count). The van der Waals surface area contributed by atoms with Crippen LogP contribution in [0.15, 0.2) is 0 Å². The van der Waals surface area contributed by atoms with Crippen molar-refractivity contribution in [3.05, 3.63) is 0 Å². The van der Waals surface area contributed by atoms with Gasteiger partial charge in [0.25, 0.3) is 0 Å². The number of ether oxygens (including phenoxy) is 1. The van der Waals surface area contributed by atoms with E-state index in [0.717, 1.165) is 120 Å². The number of hydrogen-bond acceptors (Lipinski definition) is 5. The van der Waals surface area contributed by atoms with Gasteiger partial charge >= 0.3 is 0 Å². The summed E-state index contributed by atoms with van der Waals surface area (Å²) in [6, 6.07) is 0. The van der Waals surface area contributed by atoms with Crippen LogP contribution in [0.3, 0.4) is 0 Å². The van der Waals surface area contributed by atoms with Crippen LogP contribution in [0.25, 0.3) is 0 Å². The summed E-state index contributed by atoms with van der Waals surface area (Å²) >= 11 is 0. The number of hydrogen-bond donors (Lipinski definition) is 1. The number of piperidine rings is 3. The molecule has 5 nitrogen and oxygen atoms in total. The highest BCUT2D eigenvalue weighted by atomic mass is 16.5. The van der Waals surface area contributed by atoms with E-state index in [0.29, 0.717) is 0 Å². The zero-order valence-electron chi connectivity index (χ0n) is 59.8. The average molecular weight is 1160 g/mol. The fourth-order valence-corrected chi connectivity index (χ4v) is 14.7. The summed E-state index contributed by atoms with van der Waals surface area (Å²) in [5, 5.41) is 3.37. The normalized spacial score (nSPS) is 24.4. The van der Waals surface area contributed by atoms with Gasteiger partial charge in [0.1, 0.15) is 0 Å². The highest BCUT2D eigenvalue weighted by Gasteiger charge is 2.24. The average Bonchev–Trinajstić information content (AvgIpc) is 4.30. The maximum absolute atomic E-state index is 5.25. The predicted octanol–water partition coefficient (Wildman–Crippen LogP) is 22.0. The minimum absolute atomic E-state index is 0. The number of rotatable bonds is 9. The lowest BCUT2D eigenvalue weighted by atomic mass is 9.82. The summed E-state index contributed by atoms with van der Waals surface area (Å²) in [4.78, 5) is 7.30. The van der Waals surface area contributed by atoms with Crippen LogP contribution >= 0.6 is 0 Å². The van der Waals surface area contributed by atoms with E-state index in [1.807, 2.05) is 0 Å². The SMILES string of the molecule is C.CC(C)C1CCCC1.CC(C)C1CCCC1.CC(C)C1CCCCC1.CC(C)C1CCCCC1.CC(C)C1CCCN(C)C1.CC(C)C1CCN(C)C1.CC(C)C1CCN(C)CC1.CC(C)C1CCNCC1.CC(C)C1CCOCC1. The molecular weight excluding hydrogens is 997 g/mol. The molecule has 1 N–H and O–H groups in total. The van der Waals surface area contributed by atoms with Crippen LogP contribution in [0.4, 0.5) is 0 Å². The van der Waals surface area contributed by atoms with Gasteiger partial charge in [-0.2, -0.15) is 0 Å². The predicted molar refractivity (Wildman–Crippen MR) is 373 cm³/mol. The summed E-state index contributed by atoms with van der Waals surface area (Å²) < 4.78 is 5.25. The molecule has 2 atom stereocenters. The summed E-state index contributed by atoms with van der Waals surface area (Å²) in [5.74, 6) is 17.2. The zero-order chi connectivity index (χ0) is 60.7. The van der Waals surface area contributed by atoms with Crippen LogP contribution in [-0.2, 0) is 4.74 Å². The monoisotopic (exact) mass is 1160 g/mol. The standard InChI is InChI=1S/2C9H19N.2C9H18.2C8H17N.C8H16O.2C8H16.CH4/c1-8(2)9-4-6-10(3)7-5-9;1-8(2)9-5-4-6-10(3)7-9;2*1-8(2)9-6-4-3-5-7-9;1-7(2)8-4-5-9(3)6-8;2*1-7(2)8-3-5-9-6-4-8;2*1-7(2)8-5-3-4-6-8;/h2*8-9H,4-7H2,1-3H3;2*8-9H,3-7H2,1-2H3;7-8H,4-6H2,1-3H3;7-9H,3-6H2,1-2H3;7-8H,3-6H2,1-2H3;2*7-8H,3-6H2,1-2H3;1H4. The number of likely N-dealkylation sites (tertiary alicyclic amines) is 3. The lowest BCUT2D eigenvalue weighted by Gasteiger charge is -2.31. The van der Waals surface area contributed by atoms with Crippen molar-refractivity contribution in [2.45, 2.75) is 305 Å². The third-order valence-electron chi connectivity index (χ3n) is 22.1. The molecule has 4 aliphatic carbocycles. The fraction of sp³-hybridized carbons (Fsp3) is 1.00. The first-order valence-electron chi connectivity index (χ1n) is 36.8. The molecule has 4 saturated carbocycles. The Morgan fingerprint density at radius 2 is 0.488 bits per heavy atom. The van der Waals surface area contributed by atoms with Crippen molar-refractivity contribution in [3.8, 4) is 0 Å². The summed E-state index contributed by atoms with van der Waals surface area (Å²) in [6.07, 6.45) is 39.3. The van der Waals surface area contributed by atoms with Crippen molar-refractivity contribution < 1.29 is 4.74 Å². The highest BCUT2D eigenvalue weighted by Crippen LogP contribution is 2.33. The van der Waals surface area contributed by atoms with Crippen molar-refractivity contribution in [2.75, 3.05) is 86.7 Å². The second-order valence-electron chi connectivity index (χ2n) is 31.7. The van der Waals surface area contributed by atoms with E-state index in [2.05, 4.69) is 166 Å². The number of nitrogens with one attached hydrogen (secondary N) is 1. The summed E-state index contributed by atoms with van der Waals surface area (Å²) in [5.41, 5.74) is 0. The van der Waals surface area contributed by atoms with Crippen molar-refractivity contribution >= 4 is 0 Å². The molecule has 9 fully saturated rings. The fourth-order valence-electron chi connectivity index (χ4n) is 14.7. The summed E-state index contributed by atoms with van der Waals surface area (Å²) in [6.45, 7) is 54.4. The van der Waals surface area contributed by atoms with Gasteiger partial charge in [0.05, 0.1) is 0 Å². The van der Waals surface area contributed by atoms with Gasteiger partial charge in [0.15, 0.2) is 0 Å². The Labute approximate surface area is 520 Å². The molecule has 2 unspecified atom stereocenters. The Kier molecular flexibility index (Phi) is 49.5. The van der Waals surface area contributed by atoms with Crippen molar-refractivity contribution in [2.24, 2.45) is 107 Å². The second kappa shape index (κ2) is 49.7. The minimum Gasteiger partial charge on any atom is -0.381 e. The van der Waals surface area contributed by atoms with Gasteiger partial charge in [-0.25, -0.2) is 0 Å². The van der Waals surface area contributed by atoms with Crippen LogP contribution in [0.5, 0.6) is 0 Å². The molecule has 5 saturated heterocycles. The molecule has 82 heavy (non-hydrogen) atoms. The van der Waals surface area contributed by atoms with E-state index in [9.17, 15) is 0 Å². The molecule has 5 heteroatoms. The van der Waals surface area contributed by atoms with E-state index >= 15 is 0 Å². The maximum Gasteiger partial charge on any atom is 0.0468 e. The van der Waals surface area contributed by atoms with Gasteiger partial charge in [0.2, 0.25) is 0 Å². The molecule has 0 amide bonds. The van der Waals surface area contributed by atoms with E-state index in [-0.39, 0.29) is 7.43 Å². The van der Waals surface area contributed by atoms with E-state index < -0.39 is 0 Å². The molecule has 494 valence electrons. The Morgan fingerprint density at radius 3 is 0.732 bits per heavy atom. The van der Waals surface area contributed by atoms with Crippen molar-refractivity contribution in [3.63, 3.8) is 0 Å². The van der Waals surface area contributed by atoms with Crippen molar-refractivity contribution in [1.29, 1.82) is 0 Å². The van der Waals surface area contributed by atoms with E-state index in [1.54, 1.807) is 0 Å². The minimum atomic E-state index is 0. The Morgan fingerprint density at radius 1 is 0.256 bits per heavy atom. The lowest BCUT2D eigenvalue weighted by molar-refractivity contribution is 0.0523. The van der Waals surface area contributed by atoms with Gasteiger partial charge in [-0.3, -0.25) is 0 Å². The first kappa shape index (κ1) is 81.8. The molecule has 0 aromatic heterocycles. The quantitative estimate of drug-likeness (QED) is 0.249. The van der Waals surface area contributed by atoms with E-state index in [1.165, 1.54) is 226 Å². The van der Waals surface area contributed by atoms with Gasteiger partial charge in [0, 0.05) is 26.3 Å². The Balaban J connectivity index is 0.000000899. The first-order valence-corrected chi connectivity index (χ1v) is 36.8. The zero-order valence-corrected chi connectivity index (χ0v) is 59.8. The molecule has 5 aliphatic heterocycles. The topological polar surface area (TPSA) is 31.0 Å². The van der Waals surface area contributed by atoms with Crippen LogP contribution in [0.1, 0.15) is 305 Å². The smallest absolute Gasteiger partial charge is 0.0468 e. The molecular formula is C77H160N4O. The third-order valence-corrected chi connectivity index (χ3v) is 22.1. The van der Waals surface area contributed by atoms with Crippen molar-refractivity contribution in [1.82, 2.24) is 20.0 Å². The van der Waals surface area contributed by atoms with E-state index in [4.69, 9.17) is 4.74 Å². The molecule has 9 aliphatic rings. The second-order valence-corrected chi connectivity index (χ2v) is 31.7. The highest BCUT2D eigenvalue weighted by molar-refractivity contribution is 4.77. The summed E-state index contributed by atoms with van der Waals surface area (Å²) in [7, 11) is 6.66. The molecule has 0 aromatic rings. The Bertz CT molecular complexity index is 1210. The largest absolute Gasteiger partial charge is 0.381 e. The Hall–Kier alpha value is -0.200. The van der Waals surface area contributed by atoms with Gasteiger partial charge in [-0.1, -0.05) is 248 Å².